The first-order valence-corrected chi connectivity index (χ1v) is 9.81. The molecule has 1 aliphatic carbocycles. The molecule has 0 amide bonds. The van der Waals surface area contributed by atoms with E-state index in [0.717, 1.165) is 17.0 Å². The van der Waals surface area contributed by atoms with Crippen LogP contribution >= 0.6 is 11.6 Å². The number of hydrogen-bond donors (Lipinski definition) is 0. The number of rotatable bonds is 5. The van der Waals surface area contributed by atoms with Gasteiger partial charge in [-0.3, -0.25) is 4.68 Å². The van der Waals surface area contributed by atoms with Crippen molar-refractivity contribution in [2.45, 2.75) is 25.7 Å². The van der Waals surface area contributed by atoms with Gasteiger partial charge in [0.25, 0.3) is 0 Å². The number of halogens is 1. The predicted octanol–water partition coefficient (Wildman–Crippen LogP) is 3.62. The van der Waals surface area contributed by atoms with Crippen molar-refractivity contribution in [2.75, 3.05) is 27.2 Å². The van der Waals surface area contributed by atoms with E-state index >= 15 is 0 Å². The zero-order valence-electron chi connectivity index (χ0n) is 16.3. The van der Waals surface area contributed by atoms with Crippen LogP contribution in [0.25, 0.3) is 0 Å². The van der Waals surface area contributed by atoms with Crippen molar-refractivity contribution in [1.29, 1.82) is 0 Å². The second-order valence-corrected chi connectivity index (χ2v) is 8.00. The summed E-state index contributed by atoms with van der Waals surface area (Å²) in [5.41, 5.74) is 1.61. The fraction of sp³-hybridized carbons (Fsp3) is 0.524. The van der Waals surface area contributed by atoms with Crippen molar-refractivity contribution in [2.24, 2.45) is 18.9 Å². The second kappa shape index (κ2) is 9.25. The van der Waals surface area contributed by atoms with Gasteiger partial charge in [0, 0.05) is 32.1 Å². The third-order valence-corrected chi connectivity index (χ3v) is 5.15. The average molecular weight is 387 g/mol. The molecule has 2 heterocycles. The van der Waals surface area contributed by atoms with Crippen molar-refractivity contribution < 1.29 is 4.74 Å². The van der Waals surface area contributed by atoms with E-state index in [4.69, 9.17) is 16.3 Å². The molecule has 0 spiro atoms. The van der Waals surface area contributed by atoms with Crippen LogP contribution in [0.5, 0.6) is 5.75 Å². The van der Waals surface area contributed by atoms with Gasteiger partial charge in [-0.2, -0.15) is 5.10 Å². The van der Waals surface area contributed by atoms with Crippen LogP contribution < -0.4 is 4.74 Å². The van der Waals surface area contributed by atoms with Crippen molar-refractivity contribution >= 4 is 11.6 Å². The summed E-state index contributed by atoms with van der Waals surface area (Å²) in [4.78, 5) is 6.43. The van der Waals surface area contributed by atoms with Gasteiger partial charge in [-0.1, -0.05) is 23.4 Å². The molecule has 0 bridgehead atoms. The van der Waals surface area contributed by atoms with E-state index in [-0.39, 0.29) is 0 Å². The first-order chi connectivity index (χ1) is 13.0. The minimum atomic E-state index is 0.423. The van der Waals surface area contributed by atoms with Gasteiger partial charge < -0.3 is 9.64 Å². The molecule has 2 aromatic rings. The maximum absolute atomic E-state index is 6.11. The van der Waals surface area contributed by atoms with Crippen LogP contribution in [-0.4, -0.2) is 46.9 Å². The molecular formula is C21H27ClN4O. The monoisotopic (exact) mass is 386 g/mol. The first-order valence-electron chi connectivity index (χ1n) is 9.43. The minimum absolute atomic E-state index is 0.423. The molecule has 144 valence electrons. The second-order valence-electron chi connectivity index (χ2n) is 7.62. The van der Waals surface area contributed by atoms with Crippen molar-refractivity contribution in [3.63, 3.8) is 0 Å². The van der Waals surface area contributed by atoms with E-state index in [1.807, 2.05) is 13.2 Å². The van der Waals surface area contributed by atoms with Crippen LogP contribution in [0.4, 0.5) is 0 Å². The van der Waals surface area contributed by atoms with Crippen molar-refractivity contribution in [1.82, 2.24) is 19.7 Å². The number of nitrogens with zero attached hydrogens (tertiary/aromatic N) is 4. The van der Waals surface area contributed by atoms with Gasteiger partial charge in [-0.15, -0.1) is 0 Å². The first kappa shape index (κ1) is 19.7. The Hall–Kier alpha value is -2.03. The van der Waals surface area contributed by atoms with Gasteiger partial charge in [0.15, 0.2) is 0 Å². The highest BCUT2D eigenvalue weighted by atomic mass is 35.5. The summed E-state index contributed by atoms with van der Waals surface area (Å²) in [5, 5.41) is 4.55. The topological polar surface area (TPSA) is 43.2 Å². The quantitative estimate of drug-likeness (QED) is 0.581. The highest BCUT2D eigenvalue weighted by molar-refractivity contribution is 6.29. The van der Waals surface area contributed by atoms with E-state index in [0.29, 0.717) is 23.4 Å². The third-order valence-electron chi connectivity index (χ3n) is 4.94. The Balaban J connectivity index is 1.60. The predicted molar refractivity (Wildman–Crippen MR) is 108 cm³/mol. The summed E-state index contributed by atoms with van der Waals surface area (Å²) in [6.45, 7) is 1.89. The van der Waals surface area contributed by atoms with Gasteiger partial charge in [-0.25, -0.2) is 4.98 Å². The third kappa shape index (κ3) is 5.98. The molecule has 0 N–H and O–H groups in total. The Morgan fingerprint density at radius 3 is 2.59 bits per heavy atom. The van der Waals surface area contributed by atoms with Gasteiger partial charge in [0.05, 0.1) is 23.9 Å². The molecule has 0 radical (unpaired) electrons. The molecule has 27 heavy (non-hydrogen) atoms. The van der Waals surface area contributed by atoms with Crippen LogP contribution in [0.3, 0.4) is 0 Å². The zero-order chi connectivity index (χ0) is 19.2. The Labute approximate surface area is 166 Å². The van der Waals surface area contributed by atoms with Crippen LogP contribution in [0, 0.1) is 23.7 Å². The fourth-order valence-corrected chi connectivity index (χ4v) is 3.70. The van der Waals surface area contributed by atoms with Crippen LogP contribution in [0.1, 0.15) is 36.8 Å². The smallest absolute Gasteiger partial charge is 0.139 e. The molecule has 0 atom stereocenters. The summed E-state index contributed by atoms with van der Waals surface area (Å²) < 4.78 is 7.84. The summed E-state index contributed by atoms with van der Waals surface area (Å²) in [5.74, 6) is 8.35. The molecule has 0 saturated heterocycles. The number of pyridine rings is 1. The number of aromatic nitrogens is 3. The van der Waals surface area contributed by atoms with E-state index in [1.165, 1.54) is 32.2 Å². The highest BCUT2D eigenvalue weighted by Crippen LogP contribution is 2.30. The fourth-order valence-electron chi connectivity index (χ4n) is 3.56. The molecule has 0 aliphatic heterocycles. The molecule has 1 saturated carbocycles. The summed E-state index contributed by atoms with van der Waals surface area (Å²) in [7, 11) is 6.17. The summed E-state index contributed by atoms with van der Waals surface area (Å²) in [6.07, 6.45) is 10.3. The maximum Gasteiger partial charge on any atom is 0.139 e. The molecule has 2 aromatic heterocycles. The molecule has 5 nitrogen and oxygen atoms in total. The van der Waals surface area contributed by atoms with Gasteiger partial charge in [0.1, 0.15) is 10.9 Å². The van der Waals surface area contributed by atoms with Crippen molar-refractivity contribution in [3.05, 3.63) is 40.9 Å². The molecule has 0 aromatic carbocycles. The number of ether oxygens (including phenoxy) is 1. The van der Waals surface area contributed by atoms with Crippen LogP contribution in [0.2, 0.25) is 5.15 Å². The molecule has 6 heteroatoms. The molecule has 1 aliphatic rings. The lowest BCUT2D eigenvalue weighted by Crippen LogP contribution is -2.27. The lowest BCUT2D eigenvalue weighted by atomic mass is 9.82. The maximum atomic E-state index is 6.11. The molecular weight excluding hydrogens is 360 g/mol. The molecule has 1 fully saturated rings. The highest BCUT2D eigenvalue weighted by Gasteiger charge is 2.22. The standard InChI is InChI=1S/C21H27ClN4O/c1-25(2)13-16-4-6-17(7-5-16)15-27-20-10-21(22)23-12-19(20)9-8-18-11-24-26(3)14-18/h10-12,14,16-17H,4-7,13,15H2,1-3H3. The Kier molecular flexibility index (Phi) is 6.76. The van der Waals surface area contributed by atoms with Gasteiger partial charge in [-0.05, 0) is 51.6 Å². The Bertz CT molecular complexity index is 813. The minimum Gasteiger partial charge on any atom is -0.492 e. The molecule has 0 unspecified atom stereocenters. The lowest BCUT2D eigenvalue weighted by molar-refractivity contribution is 0.166. The number of hydrogen-bond acceptors (Lipinski definition) is 4. The van der Waals surface area contributed by atoms with E-state index in [1.54, 1.807) is 23.1 Å². The summed E-state index contributed by atoms with van der Waals surface area (Å²) >= 11 is 6.07. The van der Waals surface area contributed by atoms with Gasteiger partial charge >= 0.3 is 0 Å². The van der Waals surface area contributed by atoms with Gasteiger partial charge in [0.2, 0.25) is 0 Å². The van der Waals surface area contributed by atoms with Crippen LogP contribution in [-0.2, 0) is 7.05 Å². The van der Waals surface area contributed by atoms with Crippen molar-refractivity contribution in [3.8, 4) is 17.6 Å². The lowest BCUT2D eigenvalue weighted by Gasteiger charge is -2.30. The largest absolute Gasteiger partial charge is 0.492 e. The molecule has 3 rings (SSSR count). The van der Waals surface area contributed by atoms with E-state index < -0.39 is 0 Å². The van der Waals surface area contributed by atoms with Crippen LogP contribution in [0.15, 0.2) is 24.7 Å². The summed E-state index contributed by atoms with van der Waals surface area (Å²) in [6, 6.07) is 1.76. The van der Waals surface area contributed by atoms with E-state index in [2.05, 4.69) is 40.9 Å². The normalized spacial score (nSPS) is 19.6. The van der Waals surface area contributed by atoms with E-state index in [9.17, 15) is 0 Å². The Morgan fingerprint density at radius 2 is 1.93 bits per heavy atom. The number of aryl methyl sites for hydroxylation is 1. The SMILES string of the molecule is CN(C)CC1CCC(COc2cc(Cl)ncc2C#Cc2cnn(C)c2)CC1. The Morgan fingerprint density at radius 1 is 1.19 bits per heavy atom. The zero-order valence-corrected chi connectivity index (χ0v) is 17.0. The average Bonchev–Trinajstić information content (AvgIpc) is 3.05.